The molecule has 1 aromatic carbocycles. The van der Waals surface area contributed by atoms with Gasteiger partial charge in [-0.15, -0.1) is 12.4 Å². The van der Waals surface area contributed by atoms with Crippen molar-refractivity contribution in [3.05, 3.63) is 29.7 Å². The van der Waals surface area contributed by atoms with Gasteiger partial charge in [0.05, 0.1) is 17.5 Å². The molecule has 0 N–H and O–H groups in total. The number of likely N-dealkylation sites (tertiary alicyclic amines) is 2. The molecule has 32 heavy (non-hydrogen) atoms. The molecule has 3 fully saturated rings. The Kier molecular flexibility index (Phi) is 7.15. The molecule has 2 atom stereocenters. The molecule has 1 aliphatic carbocycles. The summed E-state index contributed by atoms with van der Waals surface area (Å²) in [5.41, 5.74) is 1.46. The monoisotopic (exact) mass is 463 g/mol. The Balaban J connectivity index is 0.00000245. The van der Waals surface area contributed by atoms with Crippen LogP contribution in [0.1, 0.15) is 63.0 Å². The lowest BCUT2D eigenvalue weighted by Crippen LogP contribution is -2.35. The third kappa shape index (κ3) is 4.42. The van der Waals surface area contributed by atoms with Gasteiger partial charge in [0, 0.05) is 23.9 Å². The number of nitrogens with zero attached hydrogens (tertiary/aromatic N) is 3. The van der Waals surface area contributed by atoms with E-state index in [1.165, 1.54) is 12.1 Å². The maximum Gasteiger partial charge on any atom is 0.233 e. The summed E-state index contributed by atoms with van der Waals surface area (Å²) in [4.78, 5) is 29.1. The van der Waals surface area contributed by atoms with Crippen LogP contribution in [0.15, 0.2) is 22.7 Å². The number of carbonyl (C=O) groups is 2. The zero-order chi connectivity index (χ0) is 21.4. The van der Waals surface area contributed by atoms with Crippen LogP contribution in [0.3, 0.4) is 0 Å². The first-order valence-electron chi connectivity index (χ1n) is 11.7. The number of rotatable bonds is 6. The summed E-state index contributed by atoms with van der Waals surface area (Å²) in [6.07, 6.45) is 7.79. The summed E-state index contributed by atoms with van der Waals surface area (Å²) in [5.74, 6) is 0.117. The van der Waals surface area contributed by atoms with E-state index in [2.05, 4.69) is 10.1 Å². The van der Waals surface area contributed by atoms with E-state index >= 15 is 0 Å². The van der Waals surface area contributed by atoms with Gasteiger partial charge in [-0.05, 0) is 70.3 Å². The van der Waals surface area contributed by atoms with Crippen LogP contribution < -0.4 is 0 Å². The average Bonchev–Trinajstić information content (AvgIpc) is 3.31. The maximum atomic E-state index is 13.4. The Morgan fingerprint density at radius 1 is 0.969 bits per heavy atom. The first kappa shape index (κ1) is 23.2. The van der Waals surface area contributed by atoms with E-state index in [1.54, 1.807) is 11.0 Å². The number of hydrogen-bond acceptors (Lipinski definition) is 5. The van der Waals surface area contributed by atoms with Crippen LogP contribution in [0.5, 0.6) is 0 Å². The smallest absolute Gasteiger partial charge is 0.233 e. The molecule has 2 amide bonds. The average molecular weight is 464 g/mol. The van der Waals surface area contributed by atoms with Gasteiger partial charge in [-0.25, -0.2) is 4.39 Å². The summed E-state index contributed by atoms with van der Waals surface area (Å²) in [6, 6.07) is 4.62. The third-order valence-corrected chi connectivity index (χ3v) is 7.47. The lowest BCUT2D eigenvalue weighted by atomic mass is 9.81. The van der Waals surface area contributed by atoms with Crippen LogP contribution in [0, 0.1) is 17.7 Å². The van der Waals surface area contributed by atoms with Crippen molar-refractivity contribution in [2.75, 3.05) is 26.2 Å². The van der Waals surface area contributed by atoms with Crippen LogP contribution in [0.25, 0.3) is 11.0 Å². The van der Waals surface area contributed by atoms with Crippen molar-refractivity contribution in [3.63, 3.8) is 0 Å². The Labute approximate surface area is 193 Å². The summed E-state index contributed by atoms with van der Waals surface area (Å²) >= 11 is 0. The summed E-state index contributed by atoms with van der Waals surface area (Å²) in [5, 5.41) is 5.14. The number of piperidine rings is 1. The molecule has 3 heterocycles. The van der Waals surface area contributed by atoms with Gasteiger partial charge in [-0.3, -0.25) is 14.5 Å². The molecule has 174 valence electrons. The van der Waals surface area contributed by atoms with Crippen molar-refractivity contribution < 1.29 is 18.5 Å². The molecule has 0 spiro atoms. The standard InChI is InChI=1S/C24H30FN3O3.ClH/c25-17-7-8-20-21(15-17)31-26-22(20)16-9-13-27(14-10-16)11-3-4-12-28-23(29)18-5-1-2-6-19(18)24(28)30;/h7-8,15-16,18-19H,1-6,9-14H2;1H/t18-,19+;. The number of benzene rings is 1. The number of halogens is 2. The molecule has 8 heteroatoms. The Morgan fingerprint density at radius 3 is 2.31 bits per heavy atom. The van der Waals surface area contributed by atoms with Gasteiger partial charge >= 0.3 is 0 Å². The van der Waals surface area contributed by atoms with E-state index in [9.17, 15) is 14.0 Å². The van der Waals surface area contributed by atoms with Gasteiger partial charge in [-0.1, -0.05) is 18.0 Å². The largest absolute Gasteiger partial charge is 0.356 e. The molecule has 0 radical (unpaired) electrons. The molecular weight excluding hydrogens is 433 g/mol. The molecule has 0 bridgehead atoms. The SMILES string of the molecule is Cl.O=C1[C@H]2CCCC[C@H]2C(=O)N1CCCCN1CCC(c2noc3cc(F)ccc23)CC1. The first-order valence-corrected chi connectivity index (χ1v) is 11.7. The highest BCUT2D eigenvalue weighted by Gasteiger charge is 2.47. The number of aromatic nitrogens is 1. The van der Waals surface area contributed by atoms with Gasteiger partial charge in [0.2, 0.25) is 11.8 Å². The molecule has 2 aromatic rings. The second-order valence-electron chi connectivity index (χ2n) is 9.36. The Morgan fingerprint density at radius 2 is 1.62 bits per heavy atom. The summed E-state index contributed by atoms with van der Waals surface area (Å²) < 4.78 is 18.7. The zero-order valence-electron chi connectivity index (χ0n) is 18.3. The van der Waals surface area contributed by atoms with Crippen LogP contribution in [-0.2, 0) is 9.59 Å². The number of unbranched alkanes of at least 4 members (excludes halogenated alkanes) is 1. The highest BCUT2D eigenvalue weighted by Crippen LogP contribution is 2.38. The van der Waals surface area contributed by atoms with Crippen molar-refractivity contribution in [3.8, 4) is 0 Å². The summed E-state index contributed by atoms with van der Waals surface area (Å²) in [6.45, 7) is 3.54. The maximum absolute atomic E-state index is 13.4. The predicted octanol–water partition coefficient (Wildman–Crippen LogP) is 4.52. The van der Waals surface area contributed by atoms with Crippen molar-refractivity contribution in [2.24, 2.45) is 11.8 Å². The van der Waals surface area contributed by atoms with E-state index in [0.717, 1.165) is 82.1 Å². The fraction of sp³-hybridized carbons (Fsp3) is 0.625. The van der Waals surface area contributed by atoms with Gasteiger partial charge in [0.25, 0.3) is 0 Å². The van der Waals surface area contributed by atoms with E-state index < -0.39 is 0 Å². The van der Waals surface area contributed by atoms with Crippen LogP contribution in [-0.4, -0.2) is 52.9 Å². The fourth-order valence-electron chi connectivity index (χ4n) is 5.71. The van der Waals surface area contributed by atoms with Crippen molar-refractivity contribution in [1.82, 2.24) is 15.0 Å². The lowest BCUT2D eigenvalue weighted by molar-refractivity contribution is -0.140. The minimum Gasteiger partial charge on any atom is -0.356 e. The molecule has 3 aliphatic rings. The molecule has 1 saturated carbocycles. The number of hydrogen-bond donors (Lipinski definition) is 0. The van der Waals surface area contributed by atoms with E-state index in [4.69, 9.17) is 4.52 Å². The van der Waals surface area contributed by atoms with E-state index in [1.807, 2.05) is 0 Å². The quantitative estimate of drug-likeness (QED) is 0.465. The van der Waals surface area contributed by atoms with Gasteiger partial charge in [0.15, 0.2) is 5.58 Å². The Hall–Kier alpha value is -1.99. The highest BCUT2D eigenvalue weighted by atomic mass is 35.5. The molecule has 6 nitrogen and oxygen atoms in total. The Bertz CT molecular complexity index is 949. The molecule has 1 aromatic heterocycles. The topological polar surface area (TPSA) is 66.7 Å². The predicted molar refractivity (Wildman–Crippen MR) is 121 cm³/mol. The molecule has 2 aliphatic heterocycles. The number of amides is 2. The molecule has 5 rings (SSSR count). The molecule has 0 unspecified atom stereocenters. The van der Waals surface area contributed by atoms with E-state index in [-0.39, 0.29) is 41.9 Å². The van der Waals surface area contributed by atoms with Crippen molar-refractivity contribution in [2.45, 2.75) is 57.3 Å². The van der Waals surface area contributed by atoms with Gasteiger partial charge in [0.1, 0.15) is 5.82 Å². The van der Waals surface area contributed by atoms with E-state index in [0.29, 0.717) is 18.0 Å². The van der Waals surface area contributed by atoms with Crippen LogP contribution in [0.2, 0.25) is 0 Å². The molecule has 2 saturated heterocycles. The number of imide groups is 1. The van der Waals surface area contributed by atoms with Gasteiger partial charge < -0.3 is 9.42 Å². The fourth-order valence-corrected chi connectivity index (χ4v) is 5.71. The molecular formula is C24H31ClFN3O3. The first-order chi connectivity index (χ1) is 15.1. The zero-order valence-corrected chi connectivity index (χ0v) is 19.1. The second-order valence-corrected chi connectivity index (χ2v) is 9.36. The summed E-state index contributed by atoms with van der Waals surface area (Å²) in [7, 11) is 0. The normalized spacial score (nSPS) is 24.7. The minimum absolute atomic E-state index is 0. The minimum atomic E-state index is -0.305. The van der Waals surface area contributed by atoms with Crippen LogP contribution >= 0.6 is 12.4 Å². The van der Waals surface area contributed by atoms with Gasteiger partial charge in [-0.2, -0.15) is 0 Å². The highest BCUT2D eigenvalue weighted by molar-refractivity contribution is 6.05. The van der Waals surface area contributed by atoms with Crippen molar-refractivity contribution in [1.29, 1.82) is 0 Å². The van der Waals surface area contributed by atoms with Crippen LogP contribution in [0.4, 0.5) is 4.39 Å². The third-order valence-electron chi connectivity index (χ3n) is 7.47. The lowest BCUT2D eigenvalue weighted by Gasteiger charge is -2.31. The number of fused-ring (bicyclic) bond motifs is 2. The van der Waals surface area contributed by atoms with Crippen molar-refractivity contribution >= 4 is 35.2 Å². The second kappa shape index (κ2) is 9.87. The number of carbonyl (C=O) groups excluding carboxylic acids is 2.